The smallest absolute Gasteiger partial charge is 0.282 e. The number of para-hydroxylation sites is 1. The molecule has 2 fully saturated rings. The van der Waals surface area contributed by atoms with Crippen LogP contribution < -0.4 is 9.47 Å². The molecule has 4 atom stereocenters. The van der Waals surface area contributed by atoms with Crippen molar-refractivity contribution >= 4 is 27.9 Å². The second kappa shape index (κ2) is 16.0. The van der Waals surface area contributed by atoms with Gasteiger partial charge in [-0.15, -0.1) is 11.7 Å². The van der Waals surface area contributed by atoms with Gasteiger partial charge in [-0.25, -0.2) is 4.98 Å². The largest absolute Gasteiger partial charge is 0.497 e. The molecule has 9 rings (SSSR count). The highest BCUT2D eigenvalue weighted by molar-refractivity contribution is 8.14. The first-order valence-corrected chi connectivity index (χ1v) is 20.4. The van der Waals surface area contributed by atoms with Crippen molar-refractivity contribution in [3.05, 3.63) is 181 Å². The zero-order valence-corrected chi connectivity index (χ0v) is 32.9. The summed E-state index contributed by atoms with van der Waals surface area (Å²) >= 11 is 1.40. The van der Waals surface area contributed by atoms with Crippen LogP contribution in [0.15, 0.2) is 158 Å². The number of hydrogen-bond donors (Lipinski definition) is 1. The molecule has 4 heterocycles. The van der Waals surface area contributed by atoms with Gasteiger partial charge in [-0.05, 0) is 102 Å². The number of fused-ring (bicyclic) bond motifs is 2. The summed E-state index contributed by atoms with van der Waals surface area (Å²) in [6, 6.07) is 44.9. The Hall–Kier alpha value is -6.23. The molecule has 0 saturated carbocycles. The highest BCUT2D eigenvalue weighted by atomic mass is 32.2. The van der Waals surface area contributed by atoms with Gasteiger partial charge in [0.1, 0.15) is 22.9 Å². The summed E-state index contributed by atoms with van der Waals surface area (Å²) < 4.78 is 13.6. The topological polar surface area (TPSA) is 103 Å². The van der Waals surface area contributed by atoms with Gasteiger partial charge in [-0.1, -0.05) is 102 Å². The summed E-state index contributed by atoms with van der Waals surface area (Å²) in [6.45, 7) is 5.47. The van der Waals surface area contributed by atoms with Crippen molar-refractivity contribution in [1.29, 1.82) is 0 Å². The number of piperidine rings is 1. The van der Waals surface area contributed by atoms with Crippen LogP contribution in [0.3, 0.4) is 0 Å². The van der Waals surface area contributed by atoms with Crippen LogP contribution in [0.2, 0.25) is 0 Å². The number of hydrogen-bond acceptors (Lipinski definition) is 8. The third kappa shape index (κ3) is 7.14. The molecule has 10 heteroatoms. The van der Waals surface area contributed by atoms with Gasteiger partial charge in [0.25, 0.3) is 5.24 Å². The van der Waals surface area contributed by atoms with Gasteiger partial charge in [0.05, 0.1) is 29.8 Å². The summed E-state index contributed by atoms with van der Waals surface area (Å²) in [5, 5.41) is 22.3. The Kier molecular flexibility index (Phi) is 10.3. The Morgan fingerprint density at radius 1 is 0.879 bits per heavy atom. The fourth-order valence-corrected chi connectivity index (χ4v) is 9.84. The number of aromatic nitrogens is 4. The Morgan fingerprint density at radius 3 is 2.21 bits per heavy atom. The monoisotopic (exact) mass is 785 g/mol. The highest BCUT2D eigenvalue weighted by Gasteiger charge is 2.46. The molecule has 5 aromatic carbocycles. The van der Waals surface area contributed by atoms with Crippen LogP contribution in [0.1, 0.15) is 40.5 Å². The van der Waals surface area contributed by atoms with E-state index in [1.165, 1.54) is 11.8 Å². The number of nitrogens with zero attached hydrogens (tertiary/aromatic N) is 5. The molecule has 1 amide bonds. The third-order valence-corrected chi connectivity index (χ3v) is 12.8. The number of carbonyl (C=O) groups excluding carboxylic acids is 1. The normalized spacial score (nSPS) is 18.5. The lowest BCUT2D eigenvalue weighted by Crippen LogP contribution is -2.43. The lowest BCUT2D eigenvalue weighted by molar-refractivity contribution is 0.120. The van der Waals surface area contributed by atoms with E-state index in [9.17, 15) is 9.90 Å². The third-order valence-electron chi connectivity index (χ3n) is 11.6. The number of methoxy groups -OCH3 is 1. The lowest BCUT2D eigenvalue weighted by atomic mass is 9.79. The molecule has 2 aliphatic heterocycles. The SMILES string of the molecule is C=C[C@@H](Cn1cc(C(O)(c2ccccc2)c2ccccc2)nn1)[C@H]1CCN2C(=O)S[C@@H](c3cc(-c4ccc(Oc5ccccc5)cc4)nc4ccc(OC)cc34)[C@@H]2C1. The quantitative estimate of drug-likeness (QED) is 0.122. The van der Waals surface area contributed by atoms with Crippen molar-refractivity contribution < 1.29 is 19.4 Å². The average molecular weight is 786 g/mol. The van der Waals surface area contributed by atoms with E-state index in [0.717, 1.165) is 57.8 Å². The molecule has 0 radical (unpaired) electrons. The fourth-order valence-electron chi connectivity index (χ4n) is 8.52. The van der Waals surface area contributed by atoms with Crippen molar-refractivity contribution in [3.63, 3.8) is 0 Å². The van der Waals surface area contributed by atoms with Crippen molar-refractivity contribution in [1.82, 2.24) is 24.9 Å². The minimum atomic E-state index is -1.47. The van der Waals surface area contributed by atoms with Crippen LogP contribution in [0.25, 0.3) is 22.2 Å². The number of amides is 1. The van der Waals surface area contributed by atoms with E-state index >= 15 is 0 Å². The van der Waals surface area contributed by atoms with E-state index in [2.05, 4.69) is 27.9 Å². The Morgan fingerprint density at radius 2 is 1.53 bits per heavy atom. The van der Waals surface area contributed by atoms with E-state index in [1.807, 2.05) is 150 Å². The molecule has 2 aliphatic rings. The van der Waals surface area contributed by atoms with Gasteiger partial charge in [-0.3, -0.25) is 9.48 Å². The van der Waals surface area contributed by atoms with Crippen LogP contribution in [0.4, 0.5) is 4.79 Å². The number of ether oxygens (including phenoxy) is 2. The molecule has 2 saturated heterocycles. The molecule has 0 aliphatic carbocycles. The number of pyridine rings is 1. The molecule has 0 spiro atoms. The Balaban J connectivity index is 0.998. The van der Waals surface area contributed by atoms with Gasteiger partial charge < -0.3 is 19.5 Å². The second-order valence-corrected chi connectivity index (χ2v) is 16.0. The number of thioether (sulfide) groups is 1. The molecule has 58 heavy (non-hydrogen) atoms. The van der Waals surface area contributed by atoms with Crippen molar-refractivity contribution in [2.45, 2.75) is 36.3 Å². The van der Waals surface area contributed by atoms with Crippen LogP contribution in [0.5, 0.6) is 17.2 Å². The van der Waals surface area contributed by atoms with Crippen molar-refractivity contribution in [2.24, 2.45) is 11.8 Å². The van der Waals surface area contributed by atoms with E-state index < -0.39 is 5.60 Å². The van der Waals surface area contributed by atoms with E-state index in [4.69, 9.17) is 14.5 Å². The molecule has 1 N–H and O–H groups in total. The van der Waals surface area contributed by atoms with Gasteiger partial charge in [0.2, 0.25) is 0 Å². The lowest BCUT2D eigenvalue weighted by Gasteiger charge is -2.39. The molecular weight excluding hydrogens is 743 g/mol. The number of aliphatic hydroxyl groups is 1. The summed E-state index contributed by atoms with van der Waals surface area (Å²) in [7, 11) is 1.67. The molecule has 290 valence electrons. The molecule has 7 aromatic rings. The zero-order valence-electron chi connectivity index (χ0n) is 32.1. The predicted octanol–water partition coefficient (Wildman–Crippen LogP) is 10.1. The van der Waals surface area contributed by atoms with Gasteiger partial charge in [0.15, 0.2) is 5.60 Å². The highest BCUT2D eigenvalue weighted by Crippen LogP contribution is 2.51. The van der Waals surface area contributed by atoms with Crippen LogP contribution in [0, 0.1) is 11.8 Å². The van der Waals surface area contributed by atoms with E-state index in [1.54, 1.807) is 7.11 Å². The summed E-state index contributed by atoms with van der Waals surface area (Å²) in [5.41, 5.74) is 4.10. The Labute approximate surface area is 342 Å². The van der Waals surface area contributed by atoms with Gasteiger partial charge in [0, 0.05) is 30.1 Å². The minimum Gasteiger partial charge on any atom is -0.497 e. The maximum Gasteiger partial charge on any atom is 0.282 e. The standard InChI is InChI=1S/C48H43N5O4S/c1-3-32(30-52-31-45(50-51-52)48(55,35-13-7-4-8-14-35)36-15-9-5-10-16-36)34-25-26-53-44(27-34)46(58-47(53)54)41-29-43(49-42-24-23-39(56-2)28-40(41)42)33-19-21-38(22-20-33)57-37-17-11-6-12-18-37/h3-24,28-29,31-32,34,44,46,55H,1,25-27,30H2,2H3/t32-,34-,44-,46-/m0/s1. The van der Waals surface area contributed by atoms with E-state index in [-0.39, 0.29) is 28.4 Å². The first-order chi connectivity index (χ1) is 28.4. The van der Waals surface area contributed by atoms with Crippen molar-refractivity contribution in [3.8, 4) is 28.5 Å². The average Bonchev–Trinajstić information content (AvgIpc) is 3.90. The molecule has 2 aromatic heterocycles. The maximum atomic E-state index is 13.7. The summed E-state index contributed by atoms with van der Waals surface area (Å²) in [5.74, 6) is 2.55. The molecule has 0 bridgehead atoms. The maximum absolute atomic E-state index is 13.7. The summed E-state index contributed by atoms with van der Waals surface area (Å²) in [4.78, 5) is 20.9. The minimum absolute atomic E-state index is 0.0300. The fraction of sp³-hybridized carbons (Fsp3) is 0.208. The van der Waals surface area contributed by atoms with Crippen LogP contribution in [-0.2, 0) is 12.1 Å². The first-order valence-electron chi connectivity index (χ1n) is 19.6. The van der Waals surface area contributed by atoms with Gasteiger partial charge in [-0.2, -0.15) is 0 Å². The van der Waals surface area contributed by atoms with Crippen LogP contribution >= 0.6 is 11.8 Å². The van der Waals surface area contributed by atoms with Crippen LogP contribution in [-0.4, -0.2) is 54.9 Å². The van der Waals surface area contributed by atoms with Crippen molar-refractivity contribution in [2.75, 3.05) is 13.7 Å². The molecule has 0 unspecified atom stereocenters. The van der Waals surface area contributed by atoms with E-state index in [0.29, 0.717) is 29.9 Å². The first kappa shape index (κ1) is 37.4. The number of benzene rings is 5. The number of allylic oxidation sites excluding steroid dienone is 1. The second-order valence-electron chi connectivity index (χ2n) is 14.9. The van der Waals surface area contributed by atoms with Gasteiger partial charge >= 0.3 is 0 Å². The predicted molar refractivity (Wildman–Crippen MR) is 228 cm³/mol. The molecule has 9 nitrogen and oxygen atoms in total. The number of rotatable bonds is 12. The summed E-state index contributed by atoms with van der Waals surface area (Å²) in [6.07, 6.45) is 5.51. The Bertz CT molecular complexity index is 2510. The zero-order chi connectivity index (χ0) is 39.6. The number of carbonyl (C=O) groups is 1. The molecular formula is C48H43N5O4S.